The average Bonchev–Trinajstić information content (AvgIpc) is 2.45. The zero-order valence-corrected chi connectivity index (χ0v) is 12.2. The summed E-state index contributed by atoms with van der Waals surface area (Å²) in [4.78, 5) is 2.38. The standard InChI is InChI=1S/C16H17FN2S/c1-2-19(15-6-4-3-5-7-15)11-12-8-13(16(18)20)10-14(17)9-12/h3-10H,2,11H2,1H3,(H2,18,20). The van der Waals surface area contributed by atoms with Crippen molar-refractivity contribution in [1.29, 1.82) is 0 Å². The third-order valence-electron chi connectivity index (χ3n) is 3.12. The maximum absolute atomic E-state index is 13.6. The van der Waals surface area contributed by atoms with Gasteiger partial charge in [0, 0.05) is 24.3 Å². The summed E-state index contributed by atoms with van der Waals surface area (Å²) >= 11 is 4.91. The molecule has 4 heteroatoms. The van der Waals surface area contributed by atoms with E-state index in [1.54, 1.807) is 0 Å². The van der Waals surface area contributed by atoms with Crippen LogP contribution in [-0.4, -0.2) is 11.5 Å². The molecule has 2 N–H and O–H groups in total. The Morgan fingerprint density at radius 2 is 1.90 bits per heavy atom. The van der Waals surface area contributed by atoms with Gasteiger partial charge in [0.05, 0.1) is 0 Å². The quantitative estimate of drug-likeness (QED) is 0.854. The van der Waals surface area contributed by atoms with Crippen LogP contribution in [0.15, 0.2) is 48.5 Å². The minimum absolute atomic E-state index is 0.216. The van der Waals surface area contributed by atoms with Gasteiger partial charge in [0.25, 0.3) is 0 Å². The molecule has 0 atom stereocenters. The van der Waals surface area contributed by atoms with Crippen molar-refractivity contribution < 1.29 is 4.39 Å². The van der Waals surface area contributed by atoms with E-state index in [2.05, 4.69) is 11.8 Å². The van der Waals surface area contributed by atoms with Crippen molar-refractivity contribution in [3.05, 3.63) is 65.5 Å². The fraction of sp³-hybridized carbons (Fsp3) is 0.188. The topological polar surface area (TPSA) is 29.3 Å². The lowest BCUT2D eigenvalue weighted by Gasteiger charge is -2.23. The maximum atomic E-state index is 13.6. The Morgan fingerprint density at radius 1 is 1.20 bits per heavy atom. The molecule has 0 bridgehead atoms. The Hall–Kier alpha value is -1.94. The molecule has 0 saturated carbocycles. The Balaban J connectivity index is 2.26. The molecule has 0 aliphatic heterocycles. The third kappa shape index (κ3) is 3.54. The second kappa shape index (κ2) is 6.48. The number of thiocarbonyl (C=S) groups is 1. The molecule has 0 aromatic heterocycles. The normalized spacial score (nSPS) is 10.3. The number of anilines is 1. The molecule has 20 heavy (non-hydrogen) atoms. The van der Waals surface area contributed by atoms with Crippen molar-refractivity contribution >= 4 is 22.9 Å². The second-order valence-electron chi connectivity index (χ2n) is 4.56. The monoisotopic (exact) mass is 288 g/mol. The number of hydrogen-bond donors (Lipinski definition) is 1. The summed E-state index contributed by atoms with van der Waals surface area (Å²) in [5.74, 6) is -0.311. The number of nitrogens with zero attached hydrogens (tertiary/aromatic N) is 1. The van der Waals surface area contributed by atoms with Gasteiger partial charge in [-0.2, -0.15) is 0 Å². The summed E-state index contributed by atoms with van der Waals surface area (Å²) in [5, 5.41) is 0. The molecule has 0 fully saturated rings. The minimum atomic E-state index is -0.311. The van der Waals surface area contributed by atoms with Gasteiger partial charge < -0.3 is 10.6 Å². The van der Waals surface area contributed by atoms with Crippen molar-refractivity contribution in [1.82, 2.24) is 0 Å². The lowest BCUT2D eigenvalue weighted by atomic mass is 10.1. The van der Waals surface area contributed by atoms with Gasteiger partial charge in [0.15, 0.2) is 0 Å². The van der Waals surface area contributed by atoms with Crippen LogP contribution in [-0.2, 0) is 6.54 Å². The van der Waals surface area contributed by atoms with E-state index < -0.39 is 0 Å². The lowest BCUT2D eigenvalue weighted by molar-refractivity contribution is 0.624. The fourth-order valence-electron chi connectivity index (χ4n) is 2.13. The SMILES string of the molecule is CCN(Cc1cc(F)cc(C(N)=S)c1)c1ccccc1. The summed E-state index contributed by atoms with van der Waals surface area (Å²) < 4.78 is 13.6. The molecular formula is C16H17FN2S. The van der Waals surface area contributed by atoms with E-state index in [4.69, 9.17) is 18.0 Å². The predicted molar refractivity (Wildman–Crippen MR) is 85.5 cm³/mol. The van der Waals surface area contributed by atoms with Crippen LogP contribution >= 0.6 is 12.2 Å². The van der Waals surface area contributed by atoms with Gasteiger partial charge in [-0.25, -0.2) is 4.39 Å². The minimum Gasteiger partial charge on any atom is -0.389 e. The zero-order chi connectivity index (χ0) is 14.5. The van der Waals surface area contributed by atoms with Gasteiger partial charge in [-0.15, -0.1) is 0 Å². The van der Waals surface area contributed by atoms with E-state index in [0.29, 0.717) is 12.1 Å². The number of rotatable bonds is 5. The Kier molecular flexibility index (Phi) is 4.69. The van der Waals surface area contributed by atoms with Crippen LogP contribution in [0.25, 0.3) is 0 Å². The maximum Gasteiger partial charge on any atom is 0.124 e. The van der Waals surface area contributed by atoms with E-state index in [-0.39, 0.29) is 10.8 Å². The molecule has 0 amide bonds. The Bertz CT molecular complexity index is 599. The van der Waals surface area contributed by atoms with Crippen LogP contribution in [0, 0.1) is 5.82 Å². The van der Waals surface area contributed by atoms with Gasteiger partial charge in [-0.05, 0) is 42.8 Å². The highest BCUT2D eigenvalue weighted by Crippen LogP contribution is 2.18. The van der Waals surface area contributed by atoms with Gasteiger partial charge in [-0.3, -0.25) is 0 Å². The molecule has 0 aliphatic carbocycles. The zero-order valence-electron chi connectivity index (χ0n) is 11.3. The first-order valence-corrected chi connectivity index (χ1v) is 6.90. The van der Waals surface area contributed by atoms with Crippen LogP contribution in [0.1, 0.15) is 18.1 Å². The average molecular weight is 288 g/mol. The number of para-hydroxylation sites is 1. The molecule has 0 saturated heterocycles. The fourth-order valence-corrected chi connectivity index (χ4v) is 2.25. The van der Waals surface area contributed by atoms with E-state index in [9.17, 15) is 4.39 Å². The molecule has 0 radical (unpaired) electrons. The molecule has 104 valence electrons. The van der Waals surface area contributed by atoms with Crippen LogP contribution in [0.5, 0.6) is 0 Å². The number of nitrogens with two attached hydrogens (primary N) is 1. The number of hydrogen-bond acceptors (Lipinski definition) is 2. The molecular weight excluding hydrogens is 271 g/mol. The molecule has 2 aromatic rings. The third-order valence-corrected chi connectivity index (χ3v) is 3.35. The first kappa shape index (κ1) is 14.5. The van der Waals surface area contributed by atoms with Gasteiger partial charge in [-0.1, -0.05) is 30.4 Å². The van der Waals surface area contributed by atoms with Crippen LogP contribution < -0.4 is 10.6 Å². The molecule has 2 rings (SSSR count). The first-order valence-electron chi connectivity index (χ1n) is 6.49. The molecule has 2 nitrogen and oxygen atoms in total. The molecule has 0 aliphatic rings. The highest BCUT2D eigenvalue weighted by molar-refractivity contribution is 7.80. The van der Waals surface area contributed by atoms with Gasteiger partial charge in [0.1, 0.15) is 10.8 Å². The summed E-state index contributed by atoms with van der Waals surface area (Å²) in [6.07, 6.45) is 0. The van der Waals surface area contributed by atoms with Crippen molar-refractivity contribution in [3.63, 3.8) is 0 Å². The summed E-state index contributed by atoms with van der Waals surface area (Å²) in [6.45, 7) is 3.53. The Morgan fingerprint density at radius 3 is 2.50 bits per heavy atom. The van der Waals surface area contributed by atoms with E-state index in [1.807, 2.05) is 36.4 Å². The molecule has 0 spiro atoms. The van der Waals surface area contributed by atoms with Crippen molar-refractivity contribution in [2.45, 2.75) is 13.5 Å². The van der Waals surface area contributed by atoms with Crippen molar-refractivity contribution in [2.24, 2.45) is 5.73 Å². The van der Waals surface area contributed by atoms with Crippen molar-refractivity contribution in [3.8, 4) is 0 Å². The smallest absolute Gasteiger partial charge is 0.124 e. The van der Waals surface area contributed by atoms with E-state index in [0.717, 1.165) is 17.8 Å². The summed E-state index contributed by atoms with van der Waals surface area (Å²) in [5.41, 5.74) is 8.11. The summed E-state index contributed by atoms with van der Waals surface area (Å²) in [6, 6.07) is 14.8. The van der Waals surface area contributed by atoms with Gasteiger partial charge >= 0.3 is 0 Å². The van der Waals surface area contributed by atoms with Crippen LogP contribution in [0.2, 0.25) is 0 Å². The van der Waals surface area contributed by atoms with Crippen molar-refractivity contribution in [2.75, 3.05) is 11.4 Å². The van der Waals surface area contributed by atoms with E-state index >= 15 is 0 Å². The second-order valence-corrected chi connectivity index (χ2v) is 5.00. The Labute approximate surface area is 124 Å². The molecule has 0 unspecified atom stereocenters. The molecule has 2 aromatic carbocycles. The predicted octanol–water partition coefficient (Wildman–Crippen LogP) is 3.49. The van der Waals surface area contributed by atoms with Gasteiger partial charge in [0.2, 0.25) is 0 Å². The number of benzene rings is 2. The lowest BCUT2D eigenvalue weighted by Crippen LogP contribution is -2.22. The van der Waals surface area contributed by atoms with Crippen LogP contribution in [0.3, 0.4) is 0 Å². The largest absolute Gasteiger partial charge is 0.389 e. The van der Waals surface area contributed by atoms with Crippen LogP contribution in [0.4, 0.5) is 10.1 Å². The molecule has 0 heterocycles. The highest BCUT2D eigenvalue weighted by atomic mass is 32.1. The summed E-state index contributed by atoms with van der Waals surface area (Å²) in [7, 11) is 0. The van der Waals surface area contributed by atoms with E-state index in [1.165, 1.54) is 12.1 Å². The highest BCUT2D eigenvalue weighted by Gasteiger charge is 2.08. The first-order chi connectivity index (χ1) is 9.60. The number of halogens is 1.